The third-order valence-electron chi connectivity index (χ3n) is 5.34. The highest BCUT2D eigenvalue weighted by atomic mass is 32.2. The summed E-state index contributed by atoms with van der Waals surface area (Å²) in [6.45, 7) is 0.445. The van der Waals surface area contributed by atoms with E-state index in [0.717, 1.165) is 24.0 Å². The fourth-order valence-electron chi connectivity index (χ4n) is 3.26. The minimum atomic E-state index is -3.23. The molecule has 1 amide bonds. The van der Waals surface area contributed by atoms with Crippen LogP contribution in [0.25, 0.3) is 11.3 Å². The highest BCUT2D eigenvalue weighted by Gasteiger charge is 2.56. The highest BCUT2D eigenvalue weighted by molar-refractivity contribution is 7.88. The van der Waals surface area contributed by atoms with Gasteiger partial charge in [-0.05, 0) is 30.5 Å². The summed E-state index contributed by atoms with van der Waals surface area (Å²) >= 11 is 0. The molecule has 1 fully saturated rings. The van der Waals surface area contributed by atoms with Crippen LogP contribution in [-0.4, -0.2) is 43.7 Å². The number of anilines is 1. The molecule has 0 unspecified atom stereocenters. The van der Waals surface area contributed by atoms with Crippen molar-refractivity contribution in [2.24, 2.45) is 5.41 Å². The lowest BCUT2D eigenvalue weighted by Gasteiger charge is -2.15. The maximum atomic E-state index is 12.8. The van der Waals surface area contributed by atoms with Crippen molar-refractivity contribution < 1.29 is 22.7 Å². The van der Waals surface area contributed by atoms with Crippen LogP contribution in [0.1, 0.15) is 18.4 Å². The number of aromatic nitrogens is 1. The summed E-state index contributed by atoms with van der Waals surface area (Å²) in [6.07, 6.45) is 4.13. The zero-order valence-corrected chi connectivity index (χ0v) is 17.6. The monoisotopic (exact) mass is 429 g/mol. The van der Waals surface area contributed by atoms with E-state index in [1.807, 2.05) is 36.4 Å². The summed E-state index contributed by atoms with van der Waals surface area (Å²) < 4.78 is 34.9. The first-order chi connectivity index (χ1) is 14.3. The molecule has 4 rings (SSSR count). The molecule has 8 nitrogen and oxygen atoms in total. The van der Waals surface area contributed by atoms with E-state index < -0.39 is 15.4 Å². The molecule has 0 saturated heterocycles. The van der Waals surface area contributed by atoms with Crippen LogP contribution >= 0.6 is 0 Å². The number of rotatable bonds is 7. The van der Waals surface area contributed by atoms with Crippen molar-refractivity contribution in [2.75, 3.05) is 25.4 Å². The number of amides is 1. The minimum absolute atomic E-state index is 0.147. The van der Waals surface area contributed by atoms with Crippen LogP contribution in [0.3, 0.4) is 0 Å². The number of carbonyl (C=O) groups excluding carboxylic acids is 1. The SMILES string of the molecule is CN(Cc1ccc(-c2cccc(NC(=O)C3(C4=COCO4)CC3)n2)cc1)S(C)(=O)=O. The first kappa shape index (κ1) is 20.4. The largest absolute Gasteiger partial charge is 0.462 e. The summed E-state index contributed by atoms with van der Waals surface area (Å²) in [6, 6.07) is 12.9. The van der Waals surface area contributed by atoms with Gasteiger partial charge in [0.05, 0.1) is 11.9 Å². The Balaban J connectivity index is 1.46. The van der Waals surface area contributed by atoms with Crippen LogP contribution in [0.2, 0.25) is 0 Å². The van der Waals surface area contributed by atoms with Gasteiger partial charge in [0, 0.05) is 19.2 Å². The Morgan fingerprint density at radius 1 is 1.20 bits per heavy atom. The molecule has 1 saturated carbocycles. The molecule has 1 N–H and O–H groups in total. The van der Waals surface area contributed by atoms with E-state index in [0.29, 0.717) is 23.8 Å². The summed E-state index contributed by atoms with van der Waals surface area (Å²) in [5, 5.41) is 2.89. The molecule has 9 heteroatoms. The number of nitrogens with one attached hydrogen (secondary N) is 1. The average Bonchev–Trinajstić information content (AvgIpc) is 3.34. The van der Waals surface area contributed by atoms with Crippen LogP contribution in [0, 0.1) is 5.41 Å². The molecular weight excluding hydrogens is 406 g/mol. The van der Waals surface area contributed by atoms with Crippen molar-refractivity contribution in [3.63, 3.8) is 0 Å². The molecule has 1 aromatic carbocycles. The molecule has 30 heavy (non-hydrogen) atoms. The summed E-state index contributed by atoms with van der Waals surface area (Å²) in [5.74, 6) is 0.887. The van der Waals surface area contributed by atoms with Gasteiger partial charge in [0.2, 0.25) is 22.7 Å². The Bertz CT molecular complexity index is 1090. The number of pyridine rings is 1. The number of hydrogen-bond donors (Lipinski definition) is 1. The van der Waals surface area contributed by atoms with Crippen molar-refractivity contribution in [3.05, 3.63) is 60.0 Å². The van der Waals surface area contributed by atoms with E-state index in [4.69, 9.17) is 9.47 Å². The second-order valence-electron chi connectivity index (χ2n) is 7.57. The molecule has 1 aromatic heterocycles. The lowest BCUT2D eigenvalue weighted by Crippen LogP contribution is -2.26. The van der Waals surface area contributed by atoms with Gasteiger partial charge in [-0.25, -0.2) is 17.7 Å². The normalized spacial score (nSPS) is 17.1. The van der Waals surface area contributed by atoms with E-state index in [1.165, 1.54) is 16.8 Å². The van der Waals surface area contributed by atoms with Crippen molar-refractivity contribution >= 4 is 21.7 Å². The van der Waals surface area contributed by atoms with Gasteiger partial charge in [0.1, 0.15) is 17.5 Å². The number of nitrogens with zero attached hydrogens (tertiary/aromatic N) is 2. The lowest BCUT2D eigenvalue weighted by atomic mass is 10.0. The molecule has 0 spiro atoms. The van der Waals surface area contributed by atoms with Gasteiger partial charge >= 0.3 is 0 Å². The van der Waals surface area contributed by atoms with Crippen LogP contribution in [0.15, 0.2) is 54.5 Å². The van der Waals surface area contributed by atoms with E-state index >= 15 is 0 Å². The zero-order valence-electron chi connectivity index (χ0n) is 16.8. The maximum absolute atomic E-state index is 12.8. The van der Waals surface area contributed by atoms with Crippen molar-refractivity contribution in [1.82, 2.24) is 9.29 Å². The third-order valence-corrected chi connectivity index (χ3v) is 6.60. The van der Waals surface area contributed by atoms with Crippen LogP contribution in [0.5, 0.6) is 0 Å². The van der Waals surface area contributed by atoms with Crippen molar-refractivity contribution in [1.29, 1.82) is 0 Å². The van der Waals surface area contributed by atoms with Gasteiger partial charge in [0.25, 0.3) is 0 Å². The third kappa shape index (κ3) is 4.17. The molecule has 2 heterocycles. The second kappa shape index (κ2) is 7.73. The van der Waals surface area contributed by atoms with E-state index in [9.17, 15) is 13.2 Å². The van der Waals surface area contributed by atoms with E-state index in [1.54, 1.807) is 13.1 Å². The first-order valence-corrected chi connectivity index (χ1v) is 11.4. The first-order valence-electron chi connectivity index (χ1n) is 9.52. The predicted molar refractivity (Wildman–Crippen MR) is 111 cm³/mol. The zero-order chi connectivity index (χ0) is 21.4. The van der Waals surface area contributed by atoms with Crippen LogP contribution in [0.4, 0.5) is 5.82 Å². The average molecular weight is 429 g/mol. The lowest BCUT2D eigenvalue weighted by molar-refractivity contribution is -0.121. The maximum Gasteiger partial charge on any atom is 0.239 e. The Labute approximate surface area is 175 Å². The van der Waals surface area contributed by atoms with Gasteiger partial charge in [-0.3, -0.25) is 4.79 Å². The molecule has 2 aliphatic rings. The standard InChI is InChI=1S/C21H23N3O5S/c1-24(30(2,26)27)12-15-6-8-16(9-7-15)17-4-3-5-19(22-17)23-20(25)21(10-11-21)18-13-28-14-29-18/h3-9,13H,10-12,14H2,1-2H3,(H,22,23,25). The molecular formula is C21H23N3O5S. The number of benzene rings is 1. The fraction of sp³-hybridized carbons (Fsp3) is 0.333. The molecule has 0 bridgehead atoms. The number of carbonyl (C=O) groups is 1. The van der Waals surface area contributed by atoms with E-state index in [-0.39, 0.29) is 12.7 Å². The van der Waals surface area contributed by atoms with Crippen LogP contribution in [-0.2, 0) is 30.8 Å². The quantitative estimate of drug-likeness (QED) is 0.727. The Morgan fingerprint density at radius 2 is 1.93 bits per heavy atom. The summed E-state index contributed by atoms with van der Waals surface area (Å²) in [5.41, 5.74) is 1.80. The van der Waals surface area contributed by atoms with Crippen LogP contribution < -0.4 is 5.32 Å². The van der Waals surface area contributed by atoms with E-state index in [2.05, 4.69) is 10.3 Å². The predicted octanol–water partition coefficient (Wildman–Crippen LogP) is 2.70. The molecule has 0 radical (unpaired) electrons. The molecule has 0 atom stereocenters. The molecule has 1 aliphatic heterocycles. The molecule has 1 aliphatic carbocycles. The Hall–Kier alpha value is -2.91. The smallest absolute Gasteiger partial charge is 0.239 e. The highest BCUT2D eigenvalue weighted by Crippen LogP contribution is 2.53. The number of ether oxygens (including phenoxy) is 2. The molecule has 2 aromatic rings. The van der Waals surface area contributed by atoms with Gasteiger partial charge < -0.3 is 14.8 Å². The molecule has 158 valence electrons. The fourth-order valence-corrected chi connectivity index (χ4v) is 3.64. The second-order valence-corrected chi connectivity index (χ2v) is 9.66. The van der Waals surface area contributed by atoms with Gasteiger partial charge in [-0.15, -0.1) is 0 Å². The number of sulfonamides is 1. The Kier molecular flexibility index (Phi) is 5.25. The summed E-state index contributed by atoms with van der Waals surface area (Å²) in [7, 11) is -1.69. The van der Waals surface area contributed by atoms with Gasteiger partial charge in [0.15, 0.2) is 5.76 Å². The topological polar surface area (TPSA) is 97.8 Å². The Morgan fingerprint density at radius 3 is 2.53 bits per heavy atom. The van der Waals surface area contributed by atoms with Gasteiger partial charge in [-0.2, -0.15) is 0 Å². The van der Waals surface area contributed by atoms with Gasteiger partial charge in [-0.1, -0.05) is 30.3 Å². The summed E-state index contributed by atoms with van der Waals surface area (Å²) in [4.78, 5) is 17.3. The minimum Gasteiger partial charge on any atom is -0.462 e. The van der Waals surface area contributed by atoms with Crippen molar-refractivity contribution in [2.45, 2.75) is 19.4 Å². The van der Waals surface area contributed by atoms with Crippen molar-refractivity contribution in [3.8, 4) is 11.3 Å². The number of hydrogen-bond acceptors (Lipinski definition) is 6.